The molecule has 4 rings (SSSR count). The topological polar surface area (TPSA) is 59.3 Å². The Morgan fingerprint density at radius 3 is 2.71 bits per heavy atom. The molecule has 0 saturated carbocycles. The van der Waals surface area contributed by atoms with Crippen LogP contribution < -0.4 is 10.9 Å². The molecule has 0 saturated heterocycles. The van der Waals surface area contributed by atoms with Crippen LogP contribution in [0.3, 0.4) is 0 Å². The van der Waals surface area contributed by atoms with Gasteiger partial charge in [0.05, 0.1) is 18.0 Å². The van der Waals surface area contributed by atoms with Gasteiger partial charge in [-0.25, -0.2) is 9.37 Å². The van der Waals surface area contributed by atoms with Gasteiger partial charge in [0, 0.05) is 29.7 Å². The zero-order valence-corrected chi connectivity index (χ0v) is 15.8. The largest absolute Gasteiger partial charge is 0.379 e. The van der Waals surface area contributed by atoms with Gasteiger partial charge in [-0.15, -0.1) is 0 Å². The van der Waals surface area contributed by atoms with E-state index >= 15 is 0 Å². The number of hydrogen-bond donors (Lipinski definition) is 1. The Kier molecular flexibility index (Phi) is 4.77. The molecule has 2 aromatic carbocycles. The van der Waals surface area contributed by atoms with E-state index in [0.717, 1.165) is 5.69 Å². The van der Waals surface area contributed by atoms with Gasteiger partial charge in [0.2, 0.25) is 0 Å². The van der Waals surface area contributed by atoms with Gasteiger partial charge in [0.15, 0.2) is 0 Å². The van der Waals surface area contributed by atoms with Gasteiger partial charge in [-0.05, 0) is 30.7 Å². The van der Waals surface area contributed by atoms with Crippen molar-refractivity contribution in [2.45, 2.75) is 32.7 Å². The van der Waals surface area contributed by atoms with E-state index in [1.54, 1.807) is 13.0 Å². The summed E-state index contributed by atoms with van der Waals surface area (Å²) < 4.78 is 15.3. The zero-order valence-electron chi connectivity index (χ0n) is 15.8. The number of para-hydroxylation sites is 1. The number of benzene rings is 2. The molecular formula is C22H21FN4O. The lowest BCUT2D eigenvalue weighted by Crippen LogP contribution is -2.30. The number of rotatable bonds is 4. The highest BCUT2D eigenvalue weighted by Crippen LogP contribution is 2.25. The average Bonchev–Trinajstić information content (AvgIpc) is 2.70. The number of anilines is 1. The number of halogens is 1. The van der Waals surface area contributed by atoms with Crippen molar-refractivity contribution in [1.82, 2.24) is 9.66 Å². The molecule has 2 heterocycles. The highest BCUT2D eigenvalue weighted by molar-refractivity contribution is 6.01. The lowest BCUT2D eigenvalue weighted by Gasteiger charge is -2.22. The highest BCUT2D eigenvalue weighted by atomic mass is 19.1. The molecule has 1 aliphatic rings. The first kappa shape index (κ1) is 18.1. The molecule has 1 aliphatic heterocycles. The monoisotopic (exact) mass is 376 g/mol. The van der Waals surface area contributed by atoms with E-state index < -0.39 is 0 Å². The van der Waals surface area contributed by atoms with Gasteiger partial charge in [0.25, 0.3) is 5.56 Å². The van der Waals surface area contributed by atoms with E-state index in [9.17, 15) is 9.18 Å². The van der Waals surface area contributed by atoms with Crippen LogP contribution in [0.1, 0.15) is 41.9 Å². The van der Waals surface area contributed by atoms with Gasteiger partial charge >= 0.3 is 0 Å². The van der Waals surface area contributed by atoms with E-state index in [4.69, 9.17) is 0 Å². The van der Waals surface area contributed by atoms with Crippen molar-refractivity contribution in [1.29, 1.82) is 0 Å². The van der Waals surface area contributed by atoms with Gasteiger partial charge in [-0.1, -0.05) is 37.3 Å². The Bertz CT molecular complexity index is 1110. The predicted molar refractivity (Wildman–Crippen MR) is 108 cm³/mol. The summed E-state index contributed by atoms with van der Waals surface area (Å²) in [5.41, 5.74) is 3.39. The molecule has 0 aliphatic carbocycles. The standard InChI is InChI=1S/C22H21FN4O/c1-14-8-9-16(11-19(14)23)20-10-15(2)22-25-18(12-21(28)27(22)26-20)13-24-17-6-4-3-5-7-17/h3-9,11-12,15,24H,10,13H2,1-2H3. The van der Waals surface area contributed by atoms with E-state index in [1.807, 2.05) is 43.3 Å². The van der Waals surface area contributed by atoms with Crippen LogP contribution in [-0.4, -0.2) is 15.4 Å². The number of fused-ring (bicyclic) bond motifs is 1. The van der Waals surface area contributed by atoms with E-state index in [1.165, 1.54) is 16.8 Å². The molecule has 28 heavy (non-hydrogen) atoms. The van der Waals surface area contributed by atoms with Crippen molar-refractivity contribution < 1.29 is 4.39 Å². The Labute approximate surface area is 162 Å². The first-order valence-electron chi connectivity index (χ1n) is 9.27. The molecule has 0 fully saturated rings. The summed E-state index contributed by atoms with van der Waals surface area (Å²) in [5, 5.41) is 7.73. The summed E-state index contributed by atoms with van der Waals surface area (Å²) in [6.45, 7) is 4.19. The first-order chi connectivity index (χ1) is 13.5. The SMILES string of the molecule is Cc1ccc(C2=Nn3c(nc(CNc4ccccc4)cc3=O)C(C)C2)cc1F. The molecule has 3 aromatic rings. The summed E-state index contributed by atoms with van der Waals surface area (Å²) in [4.78, 5) is 17.3. The van der Waals surface area contributed by atoms with Gasteiger partial charge in [0.1, 0.15) is 11.6 Å². The second-order valence-corrected chi connectivity index (χ2v) is 7.09. The van der Waals surface area contributed by atoms with Crippen LogP contribution in [0, 0.1) is 12.7 Å². The number of aromatic nitrogens is 2. The lowest BCUT2D eigenvalue weighted by molar-refractivity contribution is 0.593. The normalized spacial score (nSPS) is 15.7. The van der Waals surface area contributed by atoms with Crippen molar-refractivity contribution in [3.8, 4) is 0 Å². The van der Waals surface area contributed by atoms with Crippen LogP contribution in [0.15, 0.2) is 64.5 Å². The average molecular weight is 376 g/mol. The first-order valence-corrected chi connectivity index (χ1v) is 9.27. The minimum absolute atomic E-state index is 0.00115. The molecule has 1 unspecified atom stereocenters. The van der Waals surface area contributed by atoms with Crippen LogP contribution in [0.2, 0.25) is 0 Å². The van der Waals surface area contributed by atoms with Gasteiger partial charge in [-0.3, -0.25) is 4.79 Å². The predicted octanol–water partition coefficient (Wildman–Crippen LogP) is 4.06. The maximum atomic E-state index is 13.9. The lowest BCUT2D eigenvalue weighted by atomic mass is 9.96. The van der Waals surface area contributed by atoms with Crippen LogP contribution in [-0.2, 0) is 6.54 Å². The Morgan fingerprint density at radius 1 is 1.18 bits per heavy atom. The van der Waals surface area contributed by atoms with Gasteiger partial charge < -0.3 is 5.32 Å². The van der Waals surface area contributed by atoms with Crippen molar-refractivity contribution in [2.24, 2.45) is 5.10 Å². The third-order valence-electron chi connectivity index (χ3n) is 4.89. The summed E-state index contributed by atoms with van der Waals surface area (Å²) in [6.07, 6.45) is 0.602. The van der Waals surface area contributed by atoms with Crippen LogP contribution in [0.4, 0.5) is 10.1 Å². The van der Waals surface area contributed by atoms with E-state index in [0.29, 0.717) is 41.3 Å². The number of nitrogens with one attached hydrogen (secondary N) is 1. The van der Waals surface area contributed by atoms with Crippen molar-refractivity contribution in [3.05, 3.63) is 93.4 Å². The minimum atomic E-state index is -0.272. The smallest absolute Gasteiger partial charge is 0.274 e. The van der Waals surface area contributed by atoms with E-state index in [-0.39, 0.29) is 17.3 Å². The molecule has 6 heteroatoms. The molecule has 1 atom stereocenters. The Balaban J connectivity index is 1.65. The highest BCUT2D eigenvalue weighted by Gasteiger charge is 2.23. The summed E-state index contributed by atoms with van der Waals surface area (Å²) in [7, 11) is 0. The van der Waals surface area contributed by atoms with Crippen LogP contribution >= 0.6 is 0 Å². The molecule has 0 amide bonds. The molecule has 0 radical (unpaired) electrons. The van der Waals surface area contributed by atoms with E-state index in [2.05, 4.69) is 15.4 Å². The molecule has 5 nitrogen and oxygen atoms in total. The van der Waals surface area contributed by atoms with Crippen molar-refractivity contribution in [2.75, 3.05) is 5.32 Å². The number of aryl methyl sites for hydroxylation is 1. The third-order valence-corrected chi connectivity index (χ3v) is 4.89. The molecular weight excluding hydrogens is 355 g/mol. The van der Waals surface area contributed by atoms with Crippen LogP contribution in [0.25, 0.3) is 0 Å². The quantitative estimate of drug-likeness (QED) is 0.747. The number of nitrogens with zero attached hydrogens (tertiary/aromatic N) is 3. The van der Waals surface area contributed by atoms with Crippen molar-refractivity contribution >= 4 is 11.4 Å². The summed E-state index contributed by atoms with van der Waals surface area (Å²) >= 11 is 0. The fraction of sp³-hybridized carbons (Fsp3) is 0.227. The fourth-order valence-corrected chi connectivity index (χ4v) is 3.29. The molecule has 0 spiro atoms. The van der Waals surface area contributed by atoms with Crippen molar-refractivity contribution in [3.63, 3.8) is 0 Å². The second kappa shape index (κ2) is 7.38. The second-order valence-electron chi connectivity index (χ2n) is 7.09. The number of hydrogen-bond acceptors (Lipinski definition) is 4. The fourth-order valence-electron chi connectivity index (χ4n) is 3.29. The molecule has 1 aromatic heterocycles. The minimum Gasteiger partial charge on any atom is -0.379 e. The summed E-state index contributed by atoms with van der Waals surface area (Å²) in [5.74, 6) is 0.362. The Morgan fingerprint density at radius 2 is 1.96 bits per heavy atom. The summed E-state index contributed by atoms with van der Waals surface area (Å²) in [6, 6.07) is 16.3. The molecule has 0 bridgehead atoms. The maximum Gasteiger partial charge on any atom is 0.274 e. The molecule has 142 valence electrons. The van der Waals surface area contributed by atoms with Gasteiger partial charge in [-0.2, -0.15) is 9.78 Å². The molecule has 1 N–H and O–H groups in total. The zero-order chi connectivity index (χ0) is 19.7. The Hall–Kier alpha value is -3.28. The third kappa shape index (κ3) is 3.58. The van der Waals surface area contributed by atoms with Crippen LogP contribution in [0.5, 0.6) is 0 Å². The maximum absolute atomic E-state index is 13.9.